The number of nitrogens with two attached hydrogens (primary N) is 1. The molecule has 0 aliphatic carbocycles. The highest BCUT2D eigenvalue weighted by Crippen LogP contribution is 1.79. The molecular weight excluding hydrogens is 124 g/mol. The third kappa shape index (κ3) is 7.14. The molecule has 2 nitrogen and oxygen atoms in total. The van der Waals surface area contributed by atoms with E-state index in [2.05, 4.69) is 5.43 Å². The minimum Gasteiger partial charge on any atom is -0.271 e. The average molecular weight is 138 g/mol. The van der Waals surface area contributed by atoms with Crippen LogP contribution in [0.4, 0.5) is 0 Å². The van der Waals surface area contributed by atoms with Crippen LogP contribution in [0.5, 0.6) is 0 Å². The van der Waals surface area contributed by atoms with Crippen LogP contribution in [-0.4, -0.2) is 6.54 Å². The summed E-state index contributed by atoms with van der Waals surface area (Å²) in [7, 11) is 0. The second-order valence-electron chi connectivity index (χ2n) is 1.71. The molecule has 56 valence electrons. The van der Waals surface area contributed by atoms with E-state index in [0.29, 0.717) is 0 Å². The first-order valence-corrected chi connectivity index (χ1v) is 3.35. The molecule has 0 aromatic heterocycles. The largest absolute Gasteiger partial charge is 0.271 e. The molecule has 0 unspecified atom stereocenters. The van der Waals surface area contributed by atoms with Crippen molar-refractivity contribution >= 4 is 0 Å². The lowest BCUT2D eigenvalue weighted by atomic mass is 10.4. The van der Waals surface area contributed by atoms with Gasteiger partial charge in [0.2, 0.25) is 0 Å². The molecule has 0 atom stereocenters. The molecule has 0 saturated carbocycles. The third-order valence-electron chi connectivity index (χ3n) is 0.871. The van der Waals surface area contributed by atoms with Gasteiger partial charge in [-0.25, -0.2) is 0 Å². The number of rotatable bonds is 1. The molecule has 0 aliphatic heterocycles. The molecule has 0 radical (unpaired) electrons. The number of nitrogens with one attached hydrogen (secondary N) is 1. The zero-order valence-electron chi connectivity index (χ0n) is 6.25. The average Bonchev–Trinajstić information content (AvgIpc) is 2.08. The van der Waals surface area contributed by atoms with Crippen molar-refractivity contribution in [3.05, 3.63) is 36.4 Å². The number of hydrazine groups is 1. The summed E-state index contributed by atoms with van der Waals surface area (Å²) >= 11 is 0. The lowest BCUT2D eigenvalue weighted by Crippen LogP contribution is -2.20. The van der Waals surface area contributed by atoms with E-state index in [4.69, 9.17) is 5.84 Å². The van der Waals surface area contributed by atoms with E-state index >= 15 is 0 Å². The first-order chi connectivity index (χ1) is 4.91. The van der Waals surface area contributed by atoms with Crippen molar-refractivity contribution in [1.29, 1.82) is 0 Å². The Bertz CT molecular complexity index is 99.2. The van der Waals surface area contributed by atoms with E-state index in [0.717, 1.165) is 6.54 Å². The Balaban J connectivity index is 0.000000180. The Kier molecular flexibility index (Phi) is 7.44. The Morgan fingerprint density at radius 1 is 1.00 bits per heavy atom. The van der Waals surface area contributed by atoms with Gasteiger partial charge in [0.25, 0.3) is 0 Å². The summed E-state index contributed by atoms with van der Waals surface area (Å²) in [5, 5.41) is 0. The highest BCUT2D eigenvalue weighted by atomic mass is 15.2. The predicted molar refractivity (Wildman–Crippen MR) is 44.3 cm³/mol. The summed E-state index contributed by atoms with van der Waals surface area (Å²) in [6.45, 7) is 2.79. The summed E-state index contributed by atoms with van der Waals surface area (Å²) in [6, 6.07) is 12.0. The van der Waals surface area contributed by atoms with Gasteiger partial charge in [0.1, 0.15) is 0 Å². The van der Waals surface area contributed by atoms with Gasteiger partial charge in [-0.3, -0.25) is 11.3 Å². The van der Waals surface area contributed by atoms with Crippen LogP contribution in [0.3, 0.4) is 0 Å². The van der Waals surface area contributed by atoms with Crippen molar-refractivity contribution < 1.29 is 0 Å². The van der Waals surface area contributed by atoms with Gasteiger partial charge in [-0.2, -0.15) is 0 Å². The quantitative estimate of drug-likeness (QED) is 0.451. The molecule has 1 aromatic carbocycles. The predicted octanol–water partition coefficient (Wildman–Crippen LogP) is 1.16. The first-order valence-electron chi connectivity index (χ1n) is 3.35. The van der Waals surface area contributed by atoms with Crippen molar-refractivity contribution in [3.8, 4) is 0 Å². The molecule has 10 heavy (non-hydrogen) atoms. The van der Waals surface area contributed by atoms with Gasteiger partial charge in [-0.1, -0.05) is 43.3 Å². The second kappa shape index (κ2) is 8.14. The van der Waals surface area contributed by atoms with Gasteiger partial charge in [-0.05, 0) is 0 Å². The van der Waals surface area contributed by atoms with Gasteiger partial charge in [-0.15, -0.1) is 0 Å². The van der Waals surface area contributed by atoms with Crippen molar-refractivity contribution in [1.82, 2.24) is 5.43 Å². The Morgan fingerprint density at radius 3 is 1.30 bits per heavy atom. The fraction of sp³-hybridized carbons (Fsp3) is 0.250. The minimum atomic E-state index is 0.847. The highest BCUT2D eigenvalue weighted by Gasteiger charge is 1.57. The number of benzene rings is 1. The molecule has 3 N–H and O–H groups in total. The molecule has 0 heterocycles. The summed E-state index contributed by atoms with van der Waals surface area (Å²) in [4.78, 5) is 0. The summed E-state index contributed by atoms with van der Waals surface area (Å²) in [5.74, 6) is 4.78. The van der Waals surface area contributed by atoms with Crippen molar-refractivity contribution in [2.75, 3.05) is 6.54 Å². The molecule has 0 fully saturated rings. The second-order valence-corrected chi connectivity index (χ2v) is 1.71. The zero-order chi connectivity index (χ0) is 7.66. The van der Waals surface area contributed by atoms with E-state index in [1.165, 1.54) is 0 Å². The van der Waals surface area contributed by atoms with Gasteiger partial charge in [0.05, 0.1) is 0 Å². The molecular formula is C8H14N2. The maximum absolute atomic E-state index is 4.78. The Morgan fingerprint density at radius 2 is 1.20 bits per heavy atom. The first kappa shape index (κ1) is 9.14. The van der Waals surface area contributed by atoms with Gasteiger partial charge < -0.3 is 0 Å². The fourth-order valence-electron chi connectivity index (χ4n) is 0.385. The zero-order valence-corrected chi connectivity index (χ0v) is 6.25. The van der Waals surface area contributed by atoms with Crippen LogP contribution in [0.15, 0.2) is 36.4 Å². The number of hydrogen-bond acceptors (Lipinski definition) is 2. The van der Waals surface area contributed by atoms with Crippen LogP contribution < -0.4 is 11.3 Å². The van der Waals surface area contributed by atoms with Gasteiger partial charge in [0, 0.05) is 6.54 Å². The standard InChI is InChI=1S/C6H6.C2H8N2/c1-2-4-6-5-3-1;1-2-4-3/h1-6H;4H,2-3H2,1H3. The summed E-state index contributed by atoms with van der Waals surface area (Å²) in [5.41, 5.74) is 2.43. The van der Waals surface area contributed by atoms with Crippen LogP contribution in [0.1, 0.15) is 6.92 Å². The topological polar surface area (TPSA) is 38.0 Å². The van der Waals surface area contributed by atoms with Crippen LogP contribution in [0.25, 0.3) is 0 Å². The van der Waals surface area contributed by atoms with Crippen molar-refractivity contribution in [2.45, 2.75) is 6.92 Å². The van der Waals surface area contributed by atoms with Crippen LogP contribution in [-0.2, 0) is 0 Å². The molecule has 2 heteroatoms. The molecule has 0 saturated heterocycles. The van der Waals surface area contributed by atoms with Crippen LogP contribution >= 0.6 is 0 Å². The van der Waals surface area contributed by atoms with E-state index < -0.39 is 0 Å². The van der Waals surface area contributed by atoms with Crippen LogP contribution in [0, 0.1) is 0 Å². The lowest BCUT2D eigenvalue weighted by molar-refractivity contribution is 0.781. The van der Waals surface area contributed by atoms with E-state index in [9.17, 15) is 0 Å². The Hall–Kier alpha value is -0.860. The molecule has 0 bridgehead atoms. The lowest BCUT2D eigenvalue weighted by Gasteiger charge is -1.77. The molecule has 0 amide bonds. The molecule has 1 rings (SSSR count). The fourth-order valence-corrected chi connectivity index (χ4v) is 0.385. The Labute approximate surface area is 62.0 Å². The molecule has 0 spiro atoms. The normalized spacial score (nSPS) is 7.80. The van der Waals surface area contributed by atoms with Crippen molar-refractivity contribution in [3.63, 3.8) is 0 Å². The summed E-state index contributed by atoms with van der Waals surface area (Å²) in [6.07, 6.45) is 0. The maximum atomic E-state index is 4.78. The SMILES string of the molecule is CCNN.c1ccccc1. The van der Waals surface area contributed by atoms with Gasteiger partial charge in [0.15, 0.2) is 0 Å². The number of hydrogen-bond donors (Lipinski definition) is 2. The summed E-state index contributed by atoms with van der Waals surface area (Å²) < 4.78 is 0. The monoisotopic (exact) mass is 138 g/mol. The van der Waals surface area contributed by atoms with E-state index in [1.54, 1.807) is 0 Å². The van der Waals surface area contributed by atoms with E-state index in [1.807, 2.05) is 43.3 Å². The van der Waals surface area contributed by atoms with Gasteiger partial charge >= 0.3 is 0 Å². The molecule has 1 aromatic rings. The maximum Gasteiger partial charge on any atom is 0.00689 e. The van der Waals surface area contributed by atoms with Crippen molar-refractivity contribution in [2.24, 2.45) is 5.84 Å². The van der Waals surface area contributed by atoms with Crippen LogP contribution in [0.2, 0.25) is 0 Å². The smallest absolute Gasteiger partial charge is 0.00689 e. The molecule has 0 aliphatic rings. The van der Waals surface area contributed by atoms with E-state index in [-0.39, 0.29) is 0 Å². The highest BCUT2D eigenvalue weighted by molar-refractivity contribution is 4.99. The minimum absolute atomic E-state index is 0.847. The third-order valence-corrected chi connectivity index (χ3v) is 0.871.